The van der Waals surface area contributed by atoms with E-state index in [-0.39, 0.29) is 23.7 Å². The normalized spacial score (nSPS) is 16.1. The Labute approximate surface area is 182 Å². The minimum absolute atomic E-state index is 0.0370. The highest BCUT2D eigenvalue weighted by molar-refractivity contribution is 6.30. The molecule has 0 aromatic heterocycles. The Balaban J connectivity index is 1.42. The molecule has 1 aliphatic heterocycles. The van der Waals surface area contributed by atoms with Gasteiger partial charge in [-0.15, -0.1) is 0 Å². The molecule has 0 aliphatic carbocycles. The molecule has 1 atom stereocenters. The Kier molecular flexibility index (Phi) is 7.94. The van der Waals surface area contributed by atoms with E-state index in [9.17, 15) is 9.18 Å². The zero-order chi connectivity index (χ0) is 21.5. The third kappa shape index (κ3) is 6.09. The minimum Gasteiger partial charge on any atom is -0.493 e. The summed E-state index contributed by atoms with van der Waals surface area (Å²) in [6, 6.07) is 12.1. The Morgan fingerprint density at radius 2 is 1.93 bits per heavy atom. The van der Waals surface area contributed by atoms with Crippen molar-refractivity contribution < 1.29 is 18.7 Å². The second kappa shape index (κ2) is 10.6. The van der Waals surface area contributed by atoms with Crippen molar-refractivity contribution in [2.75, 3.05) is 26.8 Å². The van der Waals surface area contributed by atoms with Crippen molar-refractivity contribution in [3.63, 3.8) is 0 Å². The smallest absolute Gasteiger partial charge is 0.223 e. The van der Waals surface area contributed by atoms with Gasteiger partial charge < -0.3 is 14.8 Å². The van der Waals surface area contributed by atoms with E-state index in [1.54, 1.807) is 19.2 Å². The number of benzene rings is 2. The van der Waals surface area contributed by atoms with Crippen LogP contribution in [0.3, 0.4) is 0 Å². The summed E-state index contributed by atoms with van der Waals surface area (Å²) in [4.78, 5) is 14.8. The Hall–Kier alpha value is -2.31. The van der Waals surface area contributed by atoms with Gasteiger partial charge in [0.05, 0.1) is 13.2 Å². The van der Waals surface area contributed by atoms with Crippen molar-refractivity contribution in [1.29, 1.82) is 0 Å². The fourth-order valence-electron chi connectivity index (χ4n) is 3.60. The van der Waals surface area contributed by atoms with Crippen molar-refractivity contribution in [2.45, 2.75) is 32.4 Å². The van der Waals surface area contributed by atoms with Gasteiger partial charge in [-0.05, 0) is 57.1 Å². The number of nitrogens with one attached hydrogen (secondary N) is 1. The van der Waals surface area contributed by atoms with Gasteiger partial charge in [-0.1, -0.05) is 29.8 Å². The maximum absolute atomic E-state index is 14.0. The maximum atomic E-state index is 14.0. The van der Waals surface area contributed by atoms with Crippen molar-refractivity contribution in [3.8, 4) is 11.5 Å². The molecule has 1 amide bonds. The van der Waals surface area contributed by atoms with Gasteiger partial charge in [0.1, 0.15) is 12.4 Å². The number of carbonyl (C=O) groups is 1. The molecule has 1 aliphatic rings. The molecule has 5 nitrogen and oxygen atoms in total. The van der Waals surface area contributed by atoms with Crippen molar-refractivity contribution in [2.24, 2.45) is 5.92 Å². The largest absolute Gasteiger partial charge is 0.493 e. The van der Waals surface area contributed by atoms with Crippen LogP contribution in [0, 0.1) is 11.7 Å². The fourth-order valence-corrected chi connectivity index (χ4v) is 3.76. The molecule has 162 valence electrons. The highest BCUT2D eigenvalue weighted by Gasteiger charge is 2.26. The first kappa shape index (κ1) is 22.4. The van der Waals surface area contributed by atoms with Gasteiger partial charge in [-0.25, -0.2) is 4.39 Å². The lowest BCUT2D eigenvalue weighted by atomic mass is 9.95. The van der Waals surface area contributed by atoms with E-state index in [0.29, 0.717) is 35.2 Å². The third-order valence-electron chi connectivity index (χ3n) is 5.31. The first-order valence-corrected chi connectivity index (χ1v) is 10.6. The molecule has 1 saturated heterocycles. The average molecular weight is 435 g/mol. The number of likely N-dealkylation sites (tertiary alicyclic amines) is 1. The van der Waals surface area contributed by atoms with E-state index in [1.807, 2.05) is 31.2 Å². The summed E-state index contributed by atoms with van der Waals surface area (Å²) in [5.41, 5.74) is 0.629. The standard InChI is InChI=1S/C23H28ClFN2O3/c1-16(15-30-22-6-4-3-5-21(22)29-2)26-23(28)17-9-11-27(12-10-17)14-18-7-8-19(24)13-20(18)25/h3-8,13,16-17H,9-12,14-15H2,1-2H3,(H,26,28)/t16-/m0/s1. The summed E-state index contributed by atoms with van der Waals surface area (Å²) in [5.74, 6) is 1.05. The van der Waals surface area contributed by atoms with E-state index < -0.39 is 0 Å². The number of nitrogens with zero attached hydrogens (tertiary/aromatic N) is 1. The molecular formula is C23H28ClFN2O3. The molecule has 1 heterocycles. The molecule has 0 saturated carbocycles. The highest BCUT2D eigenvalue weighted by atomic mass is 35.5. The molecule has 1 fully saturated rings. The van der Waals surface area contributed by atoms with Gasteiger partial charge in [0.25, 0.3) is 0 Å². The summed E-state index contributed by atoms with van der Waals surface area (Å²) in [7, 11) is 1.60. The van der Waals surface area contributed by atoms with E-state index in [4.69, 9.17) is 21.1 Å². The van der Waals surface area contributed by atoms with Crippen LogP contribution in [0.5, 0.6) is 11.5 Å². The van der Waals surface area contributed by atoms with Crippen molar-refractivity contribution >= 4 is 17.5 Å². The van der Waals surface area contributed by atoms with Crippen LogP contribution in [0.25, 0.3) is 0 Å². The number of piperidine rings is 1. The lowest BCUT2D eigenvalue weighted by Gasteiger charge is -2.32. The lowest BCUT2D eigenvalue weighted by Crippen LogP contribution is -2.44. The fraction of sp³-hybridized carbons (Fsp3) is 0.435. The summed E-state index contributed by atoms with van der Waals surface area (Å²) in [6.45, 7) is 4.32. The molecule has 2 aromatic carbocycles. The number of amides is 1. The third-order valence-corrected chi connectivity index (χ3v) is 5.55. The summed E-state index contributed by atoms with van der Waals surface area (Å²) in [5, 5.41) is 3.44. The topological polar surface area (TPSA) is 50.8 Å². The molecule has 0 spiro atoms. The number of ether oxygens (including phenoxy) is 2. The highest BCUT2D eigenvalue weighted by Crippen LogP contribution is 2.26. The summed E-state index contributed by atoms with van der Waals surface area (Å²) in [6.07, 6.45) is 1.50. The maximum Gasteiger partial charge on any atom is 0.223 e. The van der Waals surface area contributed by atoms with Crippen LogP contribution in [0.1, 0.15) is 25.3 Å². The van der Waals surface area contributed by atoms with E-state index in [2.05, 4.69) is 10.2 Å². The van der Waals surface area contributed by atoms with Gasteiger partial charge in [0.15, 0.2) is 11.5 Å². The molecule has 0 unspecified atom stereocenters. The number of para-hydroxylation sites is 2. The molecule has 0 radical (unpaired) electrons. The monoisotopic (exact) mass is 434 g/mol. The van der Waals surface area contributed by atoms with Gasteiger partial charge in [0, 0.05) is 23.0 Å². The quantitative estimate of drug-likeness (QED) is 0.673. The predicted molar refractivity (Wildman–Crippen MR) is 116 cm³/mol. The van der Waals surface area contributed by atoms with Crippen LogP contribution in [0.4, 0.5) is 4.39 Å². The number of hydrogen-bond acceptors (Lipinski definition) is 4. The zero-order valence-corrected chi connectivity index (χ0v) is 18.1. The van der Waals surface area contributed by atoms with Crippen molar-refractivity contribution in [1.82, 2.24) is 10.2 Å². The van der Waals surface area contributed by atoms with E-state index in [0.717, 1.165) is 25.9 Å². The Bertz CT molecular complexity index is 856. The van der Waals surface area contributed by atoms with Crippen LogP contribution in [-0.2, 0) is 11.3 Å². The Morgan fingerprint density at radius 3 is 2.60 bits per heavy atom. The van der Waals surface area contributed by atoms with Crippen LogP contribution in [0.2, 0.25) is 5.02 Å². The molecule has 2 aromatic rings. The van der Waals surface area contributed by atoms with Crippen LogP contribution in [0.15, 0.2) is 42.5 Å². The summed E-state index contributed by atoms with van der Waals surface area (Å²) < 4.78 is 25.1. The average Bonchev–Trinajstić information content (AvgIpc) is 2.75. The van der Waals surface area contributed by atoms with Gasteiger partial charge in [-0.3, -0.25) is 9.69 Å². The van der Waals surface area contributed by atoms with Crippen molar-refractivity contribution in [3.05, 3.63) is 58.9 Å². The first-order valence-electron chi connectivity index (χ1n) is 10.2. The van der Waals surface area contributed by atoms with E-state index >= 15 is 0 Å². The summed E-state index contributed by atoms with van der Waals surface area (Å²) >= 11 is 5.81. The molecule has 30 heavy (non-hydrogen) atoms. The van der Waals surface area contributed by atoms with Gasteiger partial charge in [0.2, 0.25) is 5.91 Å². The molecular weight excluding hydrogens is 407 g/mol. The van der Waals surface area contributed by atoms with Crippen LogP contribution < -0.4 is 14.8 Å². The number of rotatable bonds is 8. The zero-order valence-electron chi connectivity index (χ0n) is 17.4. The number of carbonyl (C=O) groups excluding carboxylic acids is 1. The second-order valence-electron chi connectivity index (χ2n) is 7.66. The van der Waals surface area contributed by atoms with Gasteiger partial charge >= 0.3 is 0 Å². The Morgan fingerprint density at radius 1 is 1.23 bits per heavy atom. The van der Waals surface area contributed by atoms with Crippen LogP contribution in [-0.4, -0.2) is 43.7 Å². The van der Waals surface area contributed by atoms with E-state index in [1.165, 1.54) is 6.07 Å². The van der Waals surface area contributed by atoms with Gasteiger partial charge in [-0.2, -0.15) is 0 Å². The second-order valence-corrected chi connectivity index (χ2v) is 8.09. The number of methoxy groups -OCH3 is 1. The SMILES string of the molecule is COc1ccccc1OC[C@H](C)NC(=O)C1CCN(Cc2ccc(Cl)cc2F)CC1. The molecule has 7 heteroatoms. The molecule has 0 bridgehead atoms. The number of halogens is 2. The number of hydrogen-bond donors (Lipinski definition) is 1. The molecule has 3 rings (SSSR count). The predicted octanol–water partition coefficient (Wildman–Crippen LogP) is 4.28. The lowest BCUT2D eigenvalue weighted by molar-refractivity contribution is -0.127. The minimum atomic E-state index is -0.286. The first-order chi connectivity index (χ1) is 14.5. The van der Waals surface area contributed by atoms with Crippen LogP contribution >= 0.6 is 11.6 Å². The molecule has 1 N–H and O–H groups in total.